The van der Waals surface area contributed by atoms with Crippen LogP contribution in [0.5, 0.6) is 5.88 Å². The molecule has 4 aromatic rings. The van der Waals surface area contributed by atoms with E-state index in [-0.39, 0.29) is 0 Å². The summed E-state index contributed by atoms with van der Waals surface area (Å²) in [6, 6.07) is 17.7. The fraction of sp³-hybridized carbons (Fsp3) is 0.269. The Hall–Kier alpha value is -3.22. The molecule has 0 spiro atoms. The van der Waals surface area contributed by atoms with Crippen molar-refractivity contribution in [1.82, 2.24) is 19.9 Å². The zero-order chi connectivity index (χ0) is 22.8. The van der Waals surface area contributed by atoms with Gasteiger partial charge in [-0.3, -0.25) is 4.98 Å². The molecule has 168 valence electrons. The lowest BCUT2D eigenvalue weighted by Gasteiger charge is -2.28. The van der Waals surface area contributed by atoms with Gasteiger partial charge >= 0.3 is 0 Å². The number of rotatable bonds is 5. The number of anilines is 1. The molecule has 5 rings (SSSR count). The van der Waals surface area contributed by atoms with E-state index in [0.717, 1.165) is 48.0 Å². The van der Waals surface area contributed by atoms with Gasteiger partial charge < -0.3 is 15.4 Å². The maximum absolute atomic E-state index is 6.59. The van der Waals surface area contributed by atoms with Crippen molar-refractivity contribution in [2.45, 2.75) is 12.8 Å². The predicted octanol–water partition coefficient (Wildman–Crippen LogP) is 5.32. The Labute approximate surface area is 198 Å². The Bertz CT molecular complexity index is 1270. The molecule has 2 N–H and O–H groups in total. The molecule has 3 heterocycles. The van der Waals surface area contributed by atoms with Crippen LogP contribution < -0.4 is 10.5 Å². The number of piperidine rings is 1. The average Bonchev–Trinajstić information content (AvgIpc) is 2.84. The quantitative estimate of drug-likeness (QED) is 0.435. The van der Waals surface area contributed by atoms with Crippen molar-refractivity contribution < 1.29 is 4.74 Å². The molecule has 0 radical (unpaired) electrons. The molecule has 2 aromatic heterocycles. The highest BCUT2D eigenvalue weighted by Gasteiger charge is 2.21. The van der Waals surface area contributed by atoms with Crippen molar-refractivity contribution in [2.75, 3.05) is 32.5 Å². The topological polar surface area (TPSA) is 77.2 Å². The Kier molecular flexibility index (Phi) is 6.11. The van der Waals surface area contributed by atoms with Crippen molar-refractivity contribution in [3.63, 3.8) is 0 Å². The molecule has 1 aliphatic rings. The molecule has 0 atom stereocenters. The van der Waals surface area contributed by atoms with E-state index in [1.807, 2.05) is 54.6 Å². The third-order valence-electron chi connectivity index (χ3n) is 6.16. The molecule has 0 amide bonds. The molecular weight excluding hydrogens is 434 g/mol. The van der Waals surface area contributed by atoms with E-state index in [1.165, 1.54) is 0 Å². The SMILES string of the molecule is CN1CCC(COc2nc(-c3cc(Cl)c4ncccc4c3)c(-c3ccccc3)nc2N)CC1. The number of aromatic nitrogens is 3. The summed E-state index contributed by atoms with van der Waals surface area (Å²) in [5, 5.41) is 1.50. The van der Waals surface area contributed by atoms with Crippen molar-refractivity contribution in [1.29, 1.82) is 0 Å². The van der Waals surface area contributed by atoms with E-state index in [9.17, 15) is 0 Å². The molecule has 0 unspecified atom stereocenters. The van der Waals surface area contributed by atoms with Crippen LogP contribution in [-0.4, -0.2) is 46.6 Å². The standard InChI is InChI=1S/C26H26ClN5O/c1-32-12-9-17(10-13-32)16-33-26-25(28)30-23(18-6-3-2-4-7-18)24(31-26)20-14-19-8-5-11-29-22(19)21(27)15-20/h2-8,11,14-15,17H,9-10,12-13,16H2,1H3,(H2,28,30). The lowest BCUT2D eigenvalue weighted by Crippen LogP contribution is -2.32. The molecule has 1 fully saturated rings. The van der Waals surface area contributed by atoms with Crippen molar-refractivity contribution >= 4 is 28.3 Å². The summed E-state index contributed by atoms with van der Waals surface area (Å²) in [6.45, 7) is 2.74. The van der Waals surface area contributed by atoms with E-state index in [4.69, 9.17) is 32.0 Å². The van der Waals surface area contributed by atoms with Crippen molar-refractivity contribution in [3.05, 3.63) is 65.8 Å². The minimum absolute atomic E-state index is 0.291. The van der Waals surface area contributed by atoms with E-state index in [0.29, 0.717) is 40.6 Å². The molecule has 0 saturated carbocycles. The van der Waals surface area contributed by atoms with Gasteiger partial charge in [-0.2, -0.15) is 0 Å². The van der Waals surface area contributed by atoms with E-state index < -0.39 is 0 Å². The number of hydrogen-bond donors (Lipinski definition) is 1. The van der Waals surface area contributed by atoms with Crippen LogP contribution >= 0.6 is 11.6 Å². The highest BCUT2D eigenvalue weighted by Crippen LogP contribution is 2.36. The number of halogens is 1. The fourth-order valence-electron chi connectivity index (χ4n) is 4.25. The number of ether oxygens (including phenoxy) is 1. The monoisotopic (exact) mass is 459 g/mol. The highest BCUT2D eigenvalue weighted by molar-refractivity contribution is 6.35. The zero-order valence-electron chi connectivity index (χ0n) is 18.5. The summed E-state index contributed by atoms with van der Waals surface area (Å²) >= 11 is 6.59. The molecule has 7 heteroatoms. The first-order valence-corrected chi connectivity index (χ1v) is 11.5. The van der Waals surface area contributed by atoms with Crippen molar-refractivity contribution in [2.24, 2.45) is 5.92 Å². The van der Waals surface area contributed by atoms with Gasteiger partial charge in [-0.15, -0.1) is 0 Å². The van der Waals surface area contributed by atoms with E-state index >= 15 is 0 Å². The van der Waals surface area contributed by atoms with Gasteiger partial charge in [0.25, 0.3) is 5.88 Å². The number of fused-ring (bicyclic) bond motifs is 1. The van der Waals surface area contributed by atoms with Gasteiger partial charge in [-0.1, -0.05) is 48.0 Å². The molecule has 2 aromatic carbocycles. The molecular formula is C26H26ClN5O. The summed E-state index contributed by atoms with van der Waals surface area (Å²) in [6.07, 6.45) is 3.94. The average molecular weight is 460 g/mol. The Balaban J connectivity index is 1.56. The summed E-state index contributed by atoms with van der Waals surface area (Å²) < 4.78 is 6.12. The predicted molar refractivity (Wildman–Crippen MR) is 133 cm³/mol. The number of nitrogen functional groups attached to an aromatic ring is 1. The van der Waals surface area contributed by atoms with Crippen LogP contribution in [-0.2, 0) is 0 Å². The minimum Gasteiger partial charge on any atom is -0.475 e. The Morgan fingerprint density at radius 2 is 1.76 bits per heavy atom. The van der Waals surface area contributed by atoms with Gasteiger partial charge in [0.1, 0.15) is 5.69 Å². The van der Waals surface area contributed by atoms with Gasteiger partial charge in [0.2, 0.25) is 0 Å². The van der Waals surface area contributed by atoms with Gasteiger partial charge in [0.05, 0.1) is 22.8 Å². The Morgan fingerprint density at radius 1 is 1.00 bits per heavy atom. The normalized spacial score (nSPS) is 15.1. The summed E-state index contributed by atoms with van der Waals surface area (Å²) in [5.41, 5.74) is 10.2. The fourth-order valence-corrected chi connectivity index (χ4v) is 4.52. The largest absolute Gasteiger partial charge is 0.475 e. The number of nitrogens with two attached hydrogens (primary N) is 1. The second kappa shape index (κ2) is 9.33. The van der Waals surface area contributed by atoms with Crippen LogP contribution in [0.3, 0.4) is 0 Å². The van der Waals surface area contributed by atoms with Crippen LogP contribution in [0.4, 0.5) is 5.82 Å². The first-order valence-electron chi connectivity index (χ1n) is 11.2. The number of likely N-dealkylation sites (tertiary alicyclic amines) is 1. The third kappa shape index (κ3) is 4.63. The summed E-state index contributed by atoms with van der Waals surface area (Å²) in [7, 11) is 2.15. The van der Waals surface area contributed by atoms with Crippen LogP contribution in [0, 0.1) is 5.92 Å². The lowest BCUT2D eigenvalue weighted by atomic mass is 9.98. The lowest BCUT2D eigenvalue weighted by molar-refractivity contribution is 0.157. The highest BCUT2D eigenvalue weighted by atomic mass is 35.5. The van der Waals surface area contributed by atoms with Gasteiger partial charge in [-0.25, -0.2) is 9.97 Å². The molecule has 1 saturated heterocycles. The second-order valence-electron chi connectivity index (χ2n) is 8.57. The zero-order valence-corrected chi connectivity index (χ0v) is 19.3. The molecule has 0 bridgehead atoms. The maximum Gasteiger partial charge on any atom is 0.257 e. The first-order chi connectivity index (χ1) is 16.1. The van der Waals surface area contributed by atoms with Crippen LogP contribution in [0.1, 0.15) is 12.8 Å². The van der Waals surface area contributed by atoms with Crippen LogP contribution in [0.2, 0.25) is 5.02 Å². The van der Waals surface area contributed by atoms with Gasteiger partial charge in [0, 0.05) is 22.7 Å². The smallest absolute Gasteiger partial charge is 0.257 e. The number of pyridine rings is 1. The van der Waals surface area contributed by atoms with Crippen LogP contribution in [0.25, 0.3) is 33.4 Å². The summed E-state index contributed by atoms with van der Waals surface area (Å²) in [4.78, 5) is 16.3. The van der Waals surface area contributed by atoms with Crippen molar-refractivity contribution in [3.8, 4) is 28.4 Å². The van der Waals surface area contributed by atoms with Crippen LogP contribution in [0.15, 0.2) is 60.8 Å². The number of hydrogen-bond acceptors (Lipinski definition) is 6. The Morgan fingerprint density at radius 3 is 2.55 bits per heavy atom. The third-order valence-corrected chi connectivity index (χ3v) is 6.45. The number of nitrogens with zero attached hydrogens (tertiary/aromatic N) is 4. The molecule has 6 nitrogen and oxygen atoms in total. The first kappa shape index (κ1) is 21.6. The van der Waals surface area contributed by atoms with Gasteiger partial charge in [-0.05, 0) is 57.1 Å². The molecule has 0 aliphatic carbocycles. The van der Waals surface area contributed by atoms with E-state index in [1.54, 1.807) is 6.20 Å². The number of benzene rings is 2. The van der Waals surface area contributed by atoms with E-state index in [2.05, 4.69) is 16.9 Å². The minimum atomic E-state index is 0.291. The summed E-state index contributed by atoms with van der Waals surface area (Å²) in [5.74, 6) is 1.14. The maximum atomic E-state index is 6.59. The molecule has 1 aliphatic heterocycles. The second-order valence-corrected chi connectivity index (χ2v) is 8.98. The van der Waals surface area contributed by atoms with Gasteiger partial charge in [0.15, 0.2) is 5.82 Å². The molecule has 33 heavy (non-hydrogen) atoms.